The summed E-state index contributed by atoms with van der Waals surface area (Å²) in [6, 6.07) is 5.19. The molecule has 2 heterocycles. The first-order valence-corrected chi connectivity index (χ1v) is 6.54. The predicted molar refractivity (Wildman–Crippen MR) is 72.6 cm³/mol. The molecule has 7 heteroatoms. The van der Waals surface area contributed by atoms with Crippen molar-refractivity contribution in [3.8, 4) is 0 Å². The van der Waals surface area contributed by atoms with Gasteiger partial charge in [0.1, 0.15) is 16.9 Å². The van der Waals surface area contributed by atoms with Crippen molar-refractivity contribution in [1.29, 1.82) is 0 Å². The molecular weight excluding hydrogens is 284 g/mol. The van der Waals surface area contributed by atoms with Crippen LogP contribution in [0.1, 0.15) is 10.4 Å². The summed E-state index contributed by atoms with van der Waals surface area (Å²) in [6.45, 7) is 0. The van der Waals surface area contributed by atoms with Gasteiger partial charge in [0, 0.05) is 10.5 Å². The molecule has 5 nitrogen and oxygen atoms in total. The van der Waals surface area contributed by atoms with Gasteiger partial charge >= 0.3 is 0 Å². The second kappa shape index (κ2) is 4.99. The summed E-state index contributed by atoms with van der Waals surface area (Å²) in [6.07, 6.45) is 3.76. The molecule has 3 rings (SSSR count). The number of aromatic nitrogens is 4. The van der Waals surface area contributed by atoms with Gasteiger partial charge in [-0.3, -0.25) is 4.79 Å². The van der Waals surface area contributed by atoms with Gasteiger partial charge in [0.05, 0.1) is 11.3 Å². The molecular formula is C12H7ClN4OS. The molecule has 0 radical (unpaired) electrons. The second-order valence-electron chi connectivity index (χ2n) is 3.66. The molecule has 0 fully saturated rings. The molecule has 0 aliphatic heterocycles. The fourth-order valence-corrected chi connectivity index (χ4v) is 2.89. The van der Waals surface area contributed by atoms with Crippen LogP contribution in [0, 0.1) is 0 Å². The summed E-state index contributed by atoms with van der Waals surface area (Å²) in [4.78, 5) is 27.0. The van der Waals surface area contributed by atoms with Crippen LogP contribution >= 0.6 is 23.4 Å². The van der Waals surface area contributed by atoms with Gasteiger partial charge in [-0.05, 0) is 6.07 Å². The van der Waals surface area contributed by atoms with Gasteiger partial charge in [-0.15, -0.1) is 0 Å². The molecule has 0 aliphatic rings. The number of aldehydes is 1. The Morgan fingerprint density at radius 2 is 2.16 bits per heavy atom. The van der Waals surface area contributed by atoms with E-state index in [1.165, 1.54) is 18.1 Å². The number of nitrogens with one attached hydrogen (secondary N) is 1. The first-order chi connectivity index (χ1) is 9.29. The van der Waals surface area contributed by atoms with Crippen LogP contribution in [0.15, 0.2) is 40.8 Å². The molecule has 19 heavy (non-hydrogen) atoms. The third-order valence-corrected chi connectivity index (χ3v) is 4.10. The van der Waals surface area contributed by atoms with Crippen LogP contribution in [0.5, 0.6) is 0 Å². The fraction of sp³-hybridized carbons (Fsp3) is 0. The van der Waals surface area contributed by atoms with Gasteiger partial charge in [-0.25, -0.2) is 15.0 Å². The number of fused-ring (bicyclic) bond motifs is 1. The van der Waals surface area contributed by atoms with E-state index in [0.717, 1.165) is 11.8 Å². The van der Waals surface area contributed by atoms with Crippen LogP contribution < -0.4 is 0 Å². The summed E-state index contributed by atoms with van der Waals surface area (Å²) in [5.41, 5.74) is 1.84. The minimum absolute atomic E-state index is 0.515. The van der Waals surface area contributed by atoms with E-state index >= 15 is 0 Å². The monoisotopic (exact) mass is 290 g/mol. The van der Waals surface area contributed by atoms with E-state index in [0.29, 0.717) is 26.2 Å². The lowest BCUT2D eigenvalue weighted by Crippen LogP contribution is -1.90. The minimum atomic E-state index is 0.515. The summed E-state index contributed by atoms with van der Waals surface area (Å²) >= 11 is 7.45. The number of carbonyl (C=O) groups is 1. The maximum Gasteiger partial charge on any atom is 0.181 e. The SMILES string of the molecule is O=Cc1cccc(Cl)c1Sc1ncnc2nc[nH]c12. The van der Waals surface area contributed by atoms with Gasteiger partial charge < -0.3 is 4.98 Å². The average Bonchev–Trinajstić information content (AvgIpc) is 2.90. The number of carbonyl (C=O) groups excluding carboxylic acids is 1. The van der Waals surface area contributed by atoms with Crippen molar-refractivity contribution in [1.82, 2.24) is 19.9 Å². The molecule has 0 bridgehead atoms. The molecule has 0 aliphatic carbocycles. The van der Waals surface area contributed by atoms with Gasteiger partial charge in [0.25, 0.3) is 0 Å². The molecule has 0 spiro atoms. The Kier molecular flexibility index (Phi) is 3.18. The van der Waals surface area contributed by atoms with Gasteiger partial charge in [-0.1, -0.05) is 35.5 Å². The number of imidazole rings is 1. The van der Waals surface area contributed by atoms with Crippen LogP contribution in [0.3, 0.4) is 0 Å². The molecule has 3 aromatic rings. The number of hydrogen-bond acceptors (Lipinski definition) is 5. The smallest absolute Gasteiger partial charge is 0.181 e. The first kappa shape index (κ1) is 12.1. The van der Waals surface area contributed by atoms with Crippen molar-refractivity contribution < 1.29 is 4.79 Å². The molecule has 1 N–H and O–H groups in total. The standard InChI is InChI=1S/C12H7ClN4OS/c13-8-3-1-2-7(4-18)10(8)19-12-9-11(15-5-14-9)16-6-17-12/h1-6H,(H,14,15,16,17). The number of hydrogen-bond donors (Lipinski definition) is 1. The van der Waals surface area contributed by atoms with E-state index in [4.69, 9.17) is 11.6 Å². The zero-order valence-electron chi connectivity index (χ0n) is 9.50. The van der Waals surface area contributed by atoms with E-state index in [1.807, 2.05) is 0 Å². The fourth-order valence-electron chi connectivity index (χ4n) is 1.64. The Morgan fingerprint density at radius 1 is 1.26 bits per heavy atom. The molecule has 94 valence electrons. The lowest BCUT2D eigenvalue weighted by atomic mass is 10.2. The van der Waals surface area contributed by atoms with E-state index in [-0.39, 0.29) is 0 Å². The topological polar surface area (TPSA) is 71.5 Å². The van der Waals surface area contributed by atoms with Crippen molar-refractivity contribution in [3.63, 3.8) is 0 Å². The average molecular weight is 291 g/mol. The van der Waals surface area contributed by atoms with E-state index < -0.39 is 0 Å². The van der Waals surface area contributed by atoms with Crippen molar-refractivity contribution >= 4 is 40.8 Å². The molecule has 0 saturated carbocycles. The highest BCUT2D eigenvalue weighted by Gasteiger charge is 2.13. The zero-order valence-corrected chi connectivity index (χ0v) is 11.1. The lowest BCUT2D eigenvalue weighted by molar-refractivity contribution is 0.112. The molecule has 0 unspecified atom stereocenters. The third kappa shape index (κ3) is 2.20. The van der Waals surface area contributed by atoms with E-state index in [2.05, 4.69) is 19.9 Å². The van der Waals surface area contributed by atoms with Crippen LogP contribution in [0.25, 0.3) is 11.2 Å². The maximum atomic E-state index is 11.1. The Morgan fingerprint density at radius 3 is 3.00 bits per heavy atom. The van der Waals surface area contributed by atoms with Gasteiger partial charge in [0.2, 0.25) is 0 Å². The van der Waals surface area contributed by atoms with Crippen LogP contribution in [0.2, 0.25) is 5.02 Å². The summed E-state index contributed by atoms with van der Waals surface area (Å²) in [5.74, 6) is 0. The van der Waals surface area contributed by atoms with Crippen LogP contribution in [0.4, 0.5) is 0 Å². The zero-order chi connectivity index (χ0) is 13.2. The third-order valence-electron chi connectivity index (χ3n) is 2.51. The van der Waals surface area contributed by atoms with E-state index in [1.54, 1.807) is 24.5 Å². The van der Waals surface area contributed by atoms with Gasteiger partial charge in [-0.2, -0.15) is 0 Å². The minimum Gasteiger partial charge on any atom is -0.341 e. The second-order valence-corrected chi connectivity index (χ2v) is 5.06. The van der Waals surface area contributed by atoms with Crippen LogP contribution in [-0.2, 0) is 0 Å². The number of rotatable bonds is 3. The van der Waals surface area contributed by atoms with Crippen LogP contribution in [-0.4, -0.2) is 26.2 Å². The lowest BCUT2D eigenvalue weighted by Gasteiger charge is -2.06. The van der Waals surface area contributed by atoms with E-state index in [9.17, 15) is 4.79 Å². The summed E-state index contributed by atoms with van der Waals surface area (Å²) < 4.78 is 0. The predicted octanol–water partition coefficient (Wildman–Crippen LogP) is 2.97. The molecule has 0 atom stereocenters. The van der Waals surface area contributed by atoms with Crippen molar-refractivity contribution in [3.05, 3.63) is 41.4 Å². The highest BCUT2D eigenvalue weighted by atomic mass is 35.5. The molecule has 0 amide bonds. The number of benzene rings is 1. The van der Waals surface area contributed by atoms with Crippen molar-refractivity contribution in [2.24, 2.45) is 0 Å². The Hall–Kier alpha value is -1.92. The molecule has 1 aromatic carbocycles. The molecule has 0 saturated heterocycles. The Bertz CT molecular complexity index is 758. The number of nitrogens with zero attached hydrogens (tertiary/aromatic N) is 3. The largest absolute Gasteiger partial charge is 0.341 e. The maximum absolute atomic E-state index is 11.1. The number of H-pyrrole nitrogens is 1. The number of aromatic amines is 1. The number of halogens is 1. The normalized spacial score (nSPS) is 10.8. The summed E-state index contributed by atoms with van der Waals surface area (Å²) in [5, 5.41) is 1.19. The molecule has 2 aromatic heterocycles. The first-order valence-electron chi connectivity index (χ1n) is 5.35. The van der Waals surface area contributed by atoms with Crippen molar-refractivity contribution in [2.75, 3.05) is 0 Å². The van der Waals surface area contributed by atoms with Gasteiger partial charge in [0.15, 0.2) is 11.9 Å². The summed E-state index contributed by atoms with van der Waals surface area (Å²) in [7, 11) is 0. The quantitative estimate of drug-likeness (QED) is 0.593. The Balaban J connectivity index is 2.11. The van der Waals surface area contributed by atoms with Crippen molar-refractivity contribution in [2.45, 2.75) is 9.92 Å². The Labute approximate surface area is 117 Å². The highest BCUT2D eigenvalue weighted by Crippen LogP contribution is 2.36. The highest BCUT2D eigenvalue weighted by molar-refractivity contribution is 7.99.